The van der Waals surface area contributed by atoms with Gasteiger partial charge in [-0.1, -0.05) is 75.2 Å². The van der Waals surface area contributed by atoms with E-state index in [2.05, 4.69) is 102 Å². The first-order valence-corrected chi connectivity index (χ1v) is 36.8. The summed E-state index contributed by atoms with van der Waals surface area (Å²) in [7, 11) is -0.707. The van der Waals surface area contributed by atoms with E-state index in [1.807, 2.05) is 0 Å². The highest BCUT2D eigenvalue weighted by Crippen LogP contribution is 2.72. The topological polar surface area (TPSA) is 91.3 Å². The number of aliphatic hydroxyl groups is 1. The molecular weight excluding hydrogens is 939 g/mol. The largest absolute Gasteiger partial charge is 0.469 e. The van der Waals surface area contributed by atoms with E-state index in [0.29, 0.717) is 84.4 Å². The molecule has 8 aliphatic carbocycles. The number of carbonyl (C=O) groups excluding carboxylic acids is 2. The Morgan fingerprint density at radius 2 is 0.931 bits per heavy atom. The monoisotopic (exact) mass is 1050 g/mol. The van der Waals surface area contributed by atoms with Crippen LogP contribution < -0.4 is 0 Å². The van der Waals surface area contributed by atoms with Crippen LogP contribution in [0.5, 0.6) is 0 Å². The highest BCUT2D eigenvalue weighted by molar-refractivity contribution is 6.70. The van der Waals surface area contributed by atoms with Crippen molar-refractivity contribution < 1.29 is 41.8 Å². The molecule has 0 spiro atoms. The average molecular weight is 1050 g/mol. The molecule has 72 heavy (non-hydrogen) atoms. The number of aliphatic hydroxyl groups excluding tert-OH is 1. The van der Waals surface area contributed by atoms with Crippen LogP contribution in [-0.2, 0) is 27.9 Å². The number of alkyl halides is 2. The smallest absolute Gasteiger partial charge is 0.305 e. The molecule has 0 amide bonds. The van der Waals surface area contributed by atoms with Crippen molar-refractivity contribution in [1.82, 2.24) is 0 Å². The summed E-state index contributed by atoms with van der Waals surface area (Å²) in [6.07, 6.45) is 15.8. The Kier molecular flexibility index (Phi) is 18.0. The third-order valence-electron chi connectivity index (χ3n) is 23.6. The van der Waals surface area contributed by atoms with Crippen LogP contribution in [0.3, 0.4) is 0 Å². The molecule has 11 heteroatoms. The number of ether oxygens (including phenoxy) is 2. The fourth-order valence-corrected chi connectivity index (χ4v) is 22.8. The molecule has 8 aliphatic rings. The number of hydrogen-bond donors (Lipinski definition) is 1. The Morgan fingerprint density at radius 1 is 0.569 bits per heavy atom. The summed E-state index contributed by atoms with van der Waals surface area (Å²) < 4.78 is 56.2. The lowest BCUT2D eigenvalue weighted by molar-refractivity contribution is -0.218. The van der Waals surface area contributed by atoms with Crippen LogP contribution >= 0.6 is 0 Å². The van der Waals surface area contributed by atoms with Crippen LogP contribution in [0.1, 0.15) is 178 Å². The van der Waals surface area contributed by atoms with Crippen molar-refractivity contribution in [2.75, 3.05) is 14.2 Å². The molecule has 0 aromatic heterocycles. The average Bonchev–Trinajstić information content (AvgIpc) is 3.86. The minimum absolute atomic E-state index is 0.0702. The summed E-state index contributed by atoms with van der Waals surface area (Å²) >= 11 is 0. The molecule has 0 bridgehead atoms. The Hall–Kier alpha value is -0.886. The summed E-state index contributed by atoms with van der Waals surface area (Å²) in [6, 6.07) is 0. The fourth-order valence-electron chi connectivity index (χ4n) is 20.5. The number of fused-ring (bicyclic) bond motifs is 10. The zero-order chi connectivity index (χ0) is 53.3. The second-order valence-electron chi connectivity index (χ2n) is 29.3. The molecule has 0 aromatic rings. The number of hydrogen-bond acceptors (Lipinski definition) is 7. The van der Waals surface area contributed by atoms with Crippen molar-refractivity contribution >= 4 is 28.6 Å². The zero-order valence-corrected chi connectivity index (χ0v) is 50.9. The van der Waals surface area contributed by atoms with E-state index in [0.717, 1.165) is 44.9 Å². The van der Waals surface area contributed by atoms with Gasteiger partial charge >= 0.3 is 11.9 Å². The van der Waals surface area contributed by atoms with Gasteiger partial charge in [-0.05, 0) is 228 Å². The minimum atomic E-state index is -1.87. The van der Waals surface area contributed by atoms with E-state index in [1.165, 1.54) is 65.6 Å². The van der Waals surface area contributed by atoms with Gasteiger partial charge in [-0.2, -0.15) is 0 Å². The molecule has 8 rings (SSSR count). The molecule has 1 N–H and O–H groups in total. The number of halogens is 2. The van der Waals surface area contributed by atoms with Gasteiger partial charge in [-0.25, -0.2) is 8.78 Å². The maximum absolute atomic E-state index is 16.2. The molecule has 416 valence electrons. The molecule has 0 aliphatic heterocycles. The fraction of sp³-hybridized carbons (Fsp3) is 0.967. The zero-order valence-electron chi connectivity index (χ0n) is 48.9. The number of esters is 2. The lowest BCUT2D eigenvalue weighted by Crippen LogP contribution is -2.66. The quantitative estimate of drug-likeness (QED) is 0.137. The Balaban J connectivity index is 0.000000211. The summed E-state index contributed by atoms with van der Waals surface area (Å²) in [6.45, 7) is 35.1. The second kappa shape index (κ2) is 22.1. The number of carbonyl (C=O) groups is 2. The van der Waals surface area contributed by atoms with Gasteiger partial charge < -0.3 is 23.4 Å². The van der Waals surface area contributed by atoms with Crippen LogP contribution in [0.15, 0.2) is 0 Å². The highest BCUT2D eigenvalue weighted by Gasteiger charge is 2.69. The number of methoxy groups -OCH3 is 2. The van der Waals surface area contributed by atoms with Crippen molar-refractivity contribution in [3.8, 4) is 0 Å². The van der Waals surface area contributed by atoms with Crippen molar-refractivity contribution in [3.63, 3.8) is 0 Å². The molecule has 7 nitrogen and oxygen atoms in total. The summed E-state index contributed by atoms with van der Waals surface area (Å²) in [5, 5.41) is 10.6. The Labute approximate surface area is 441 Å². The molecule has 0 heterocycles. The Bertz CT molecular complexity index is 1730. The molecule has 24 atom stereocenters. The maximum atomic E-state index is 16.2. The summed E-state index contributed by atoms with van der Waals surface area (Å²) in [5.74, 6) is 5.99. The summed E-state index contributed by atoms with van der Waals surface area (Å²) in [4.78, 5) is 23.7. The van der Waals surface area contributed by atoms with Gasteiger partial charge in [0.05, 0.1) is 32.5 Å². The molecule has 0 aromatic carbocycles. The van der Waals surface area contributed by atoms with Crippen LogP contribution in [-0.4, -0.2) is 78.6 Å². The predicted octanol–water partition coefficient (Wildman–Crippen LogP) is 15.3. The van der Waals surface area contributed by atoms with E-state index in [9.17, 15) is 14.7 Å². The van der Waals surface area contributed by atoms with E-state index in [4.69, 9.17) is 18.3 Å². The van der Waals surface area contributed by atoms with Gasteiger partial charge in [0.25, 0.3) is 0 Å². The lowest BCUT2D eigenvalue weighted by atomic mass is 9.40. The maximum Gasteiger partial charge on any atom is 0.305 e. The SMILES string of the molecule is CC[C@@H]1[C@@H]2[C@@H](F)[C@H](C)CC[C@]2(C)C2CC[C@@]3(C)C(CCC3[C@H](C)CCC(=O)OC)C2[C@@H]1O[Si](C)(C)C.CC[C@@H]1[C@@H]2[C@@H](F)[C@H](O)CC[C@]2(C)C2CC[C@@]3(C)C(CCC3[C@H](C)CCC(=O)OC)C2[C@@H]1O[Si](C)(C)C. The molecule has 8 saturated carbocycles. The van der Waals surface area contributed by atoms with Crippen molar-refractivity contribution in [1.29, 1.82) is 0 Å². The third-order valence-corrected chi connectivity index (χ3v) is 25.6. The predicted molar refractivity (Wildman–Crippen MR) is 293 cm³/mol. The van der Waals surface area contributed by atoms with Crippen LogP contribution in [0.2, 0.25) is 39.3 Å². The van der Waals surface area contributed by atoms with Crippen LogP contribution in [0, 0.1) is 110 Å². The van der Waals surface area contributed by atoms with E-state index in [1.54, 1.807) is 0 Å². The van der Waals surface area contributed by atoms with Crippen molar-refractivity contribution in [2.45, 2.75) is 248 Å². The van der Waals surface area contributed by atoms with E-state index < -0.39 is 35.1 Å². The Morgan fingerprint density at radius 3 is 1.31 bits per heavy atom. The van der Waals surface area contributed by atoms with E-state index in [-0.39, 0.29) is 69.5 Å². The molecule has 8 unspecified atom stereocenters. The van der Waals surface area contributed by atoms with Gasteiger partial charge in [0.2, 0.25) is 0 Å². The molecular formula is C61H108F2O7Si2. The third kappa shape index (κ3) is 10.7. The van der Waals surface area contributed by atoms with Crippen LogP contribution in [0.4, 0.5) is 8.78 Å². The van der Waals surface area contributed by atoms with Crippen LogP contribution in [0.25, 0.3) is 0 Å². The summed E-state index contributed by atoms with van der Waals surface area (Å²) in [5.41, 5.74) is 0.546. The minimum Gasteiger partial charge on any atom is -0.469 e. The normalized spacial score (nSPS) is 47.4. The first-order valence-electron chi connectivity index (χ1n) is 30.0. The first-order chi connectivity index (χ1) is 33.6. The molecule has 8 fully saturated rings. The van der Waals surface area contributed by atoms with Gasteiger partial charge in [0.1, 0.15) is 12.3 Å². The van der Waals surface area contributed by atoms with Crippen molar-refractivity contribution in [2.24, 2.45) is 110 Å². The second-order valence-corrected chi connectivity index (χ2v) is 38.3. The van der Waals surface area contributed by atoms with E-state index >= 15 is 8.78 Å². The van der Waals surface area contributed by atoms with Gasteiger partial charge in [-0.15, -0.1) is 0 Å². The molecule has 0 radical (unpaired) electrons. The first kappa shape index (κ1) is 58.8. The van der Waals surface area contributed by atoms with Gasteiger partial charge in [0.15, 0.2) is 16.6 Å². The van der Waals surface area contributed by atoms with Gasteiger partial charge in [-0.3, -0.25) is 9.59 Å². The molecule has 0 saturated heterocycles. The van der Waals surface area contributed by atoms with Gasteiger partial charge in [0, 0.05) is 24.7 Å². The standard InChI is InChI=1S/C31H55FO3Si.C30H53FO4Si/c1-10-21-27-28(32)20(3)15-17-31(27,5)24-16-18-30(4)22(19(2)11-14-25(33)34-6)12-13-23(30)26(24)29(21)35-36(7,8)9;1-9-19-26-27(31)23(32)15-17-30(26,4)22-14-16-29(3)20(18(2)10-13-24(33)34-5)11-12-21(29)25(22)28(19)35-36(6,7)8/h19-24,26-29H,10-18H2,1-9H3;18-23,25-28,32H,9-17H2,1-8H3/t19-,20-,21-,22?,23?,24?,26?,27-,28+,29-,30-,31-;18-,19-,20?,21?,22?,23-,25?,26-,27+,28-,29-,30-/m11/s1. The van der Waals surface area contributed by atoms with Crippen molar-refractivity contribution in [3.05, 3.63) is 0 Å². The number of rotatable bonds is 14. The highest BCUT2D eigenvalue weighted by atomic mass is 28.4. The lowest BCUT2D eigenvalue weighted by Gasteiger charge is -2.66.